The maximum atomic E-state index is 4.25. The van der Waals surface area contributed by atoms with Crippen molar-refractivity contribution in [3.8, 4) is 0 Å². The van der Waals surface area contributed by atoms with Gasteiger partial charge in [0.05, 0.1) is 0 Å². The van der Waals surface area contributed by atoms with E-state index < -0.39 is 0 Å². The molecule has 104 valence electrons. The first kappa shape index (κ1) is 13.1. The minimum absolute atomic E-state index is 0.731. The molecule has 0 aromatic carbocycles. The number of piperidine rings is 2. The highest BCUT2D eigenvalue weighted by atomic mass is 15.1. The molecule has 1 aromatic rings. The molecule has 1 aromatic heterocycles. The second-order valence-electron chi connectivity index (χ2n) is 6.07. The molecule has 2 aliphatic heterocycles. The number of nitrogens with zero attached hydrogens (tertiary/aromatic N) is 2. The summed E-state index contributed by atoms with van der Waals surface area (Å²) in [5, 5.41) is 3.52. The smallest absolute Gasteiger partial charge is 0.0302 e. The number of aromatic nitrogens is 1. The van der Waals surface area contributed by atoms with Gasteiger partial charge in [0.2, 0.25) is 0 Å². The summed E-state index contributed by atoms with van der Waals surface area (Å²) in [7, 11) is 0. The Morgan fingerprint density at radius 2 is 2.16 bits per heavy atom. The van der Waals surface area contributed by atoms with Crippen LogP contribution in [0.15, 0.2) is 24.5 Å². The van der Waals surface area contributed by atoms with Crippen LogP contribution in [0.4, 0.5) is 0 Å². The van der Waals surface area contributed by atoms with Crippen molar-refractivity contribution in [2.45, 2.75) is 31.6 Å². The lowest BCUT2D eigenvalue weighted by Crippen LogP contribution is -2.41. The summed E-state index contributed by atoms with van der Waals surface area (Å²) in [4.78, 5) is 6.92. The molecule has 3 nitrogen and oxygen atoms in total. The molecule has 0 radical (unpaired) electrons. The van der Waals surface area contributed by atoms with E-state index in [1.165, 1.54) is 64.0 Å². The number of likely N-dealkylation sites (tertiary alicyclic amines) is 1. The van der Waals surface area contributed by atoms with E-state index in [4.69, 9.17) is 0 Å². The summed E-state index contributed by atoms with van der Waals surface area (Å²) in [6.07, 6.45) is 9.28. The van der Waals surface area contributed by atoms with Crippen molar-refractivity contribution in [3.63, 3.8) is 0 Å². The van der Waals surface area contributed by atoms with E-state index in [1.807, 2.05) is 12.4 Å². The van der Waals surface area contributed by atoms with Crippen LogP contribution in [-0.4, -0.2) is 42.6 Å². The fourth-order valence-corrected chi connectivity index (χ4v) is 3.51. The molecule has 19 heavy (non-hydrogen) atoms. The first-order valence-electron chi connectivity index (χ1n) is 7.75. The lowest BCUT2D eigenvalue weighted by Gasteiger charge is -2.35. The quantitative estimate of drug-likeness (QED) is 0.902. The van der Waals surface area contributed by atoms with Crippen molar-refractivity contribution in [1.29, 1.82) is 0 Å². The number of hydrogen-bond donors (Lipinski definition) is 1. The lowest BCUT2D eigenvalue weighted by atomic mass is 9.89. The molecule has 2 aliphatic rings. The van der Waals surface area contributed by atoms with Gasteiger partial charge >= 0.3 is 0 Å². The first-order valence-corrected chi connectivity index (χ1v) is 7.75. The van der Waals surface area contributed by atoms with Crippen molar-refractivity contribution in [3.05, 3.63) is 30.1 Å². The van der Waals surface area contributed by atoms with E-state index in [1.54, 1.807) is 0 Å². The van der Waals surface area contributed by atoms with Crippen LogP contribution < -0.4 is 5.32 Å². The molecular weight excluding hydrogens is 234 g/mol. The Labute approximate surface area is 116 Å². The van der Waals surface area contributed by atoms with Gasteiger partial charge in [-0.3, -0.25) is 4.98 Å². The third-order valence-corrected chi connectivity index (χ3v) is 4.66. The van der Waals surface area contributed by atoms with Gasteiger partial charge in [-0.1, -0.05) is 6.07 Å². The van der Waals surface area contributed by atoms with Gasteiger partial charge < -0.3 is 10.2 Å². The minimum atomic E-state index is 0.731. The zero-order valence-corrected chi connectivity index (χ0v) is 11.7. The highest BCUT2D eigenvalue weighted by Crippen LogP contribution is 2.28. The summed E-state index contributed by atoms with van der Waals surface area (Å²) in [5.41, 5.74) is 1.43. The minimum Gasteiger partial charge on any atom is -0.316 e. The lowest BCUT2D eigenvalue weighted by molar-refractivity contribution is 0.169. The molecule has 2 fully saturated rings. The third-order valence-electron chi connectivity index (χ3n) is 4.66. The van der Waals surface area contributed by atoms with E-state index in [9.17, 15) is 0 Å². The fourth-order valence-electron chi connectivity index (χ4n) is 3.51. The zero-order valence-electron chi connectivity index (χ0n) is 11.7. The molecule has 3 rings (SSSR count). The second-order valence-corrected chi connectivity index (χ2v) is 6.07. The Hall–Kier alpha value is -0.930. The molecule has 1 unspecified atom stereocenters. The van der Waals surface area contributed by atoms with Gasteiger partial charge in [-0.15, -0.1) is 0 Å². The topological polar surface area (TPSA) is 28.2 Å². The van der Waals surface area contributed by atoms with Crippen LogP contribution in [-0.2, 0) is 0 Å². The highest BCUT2D eigenvalue weighted by Gasteiger charge is 2.23. The van der Waals surface area contributed by atoms with Gasteiger partial charge in [-0.2, -0.15) is 0 Å². The predicted molar refractivity (Wildman–Crippen MR) is 78.2 cm³/mol. The molecule has 3 heterocycles. The molecule has 1 N–H and O–H groups in total. The first-order chi connectivity index (χ1) is 9.42. The van der Waals surface area contributed by atoms with Gasteiger partial charge in [0.25, 0.3) is 0 Å². The Morgan fingerprint density at radius 3 is 2.84 bits per heavy atom. The normalized spacial score (nSPS) is 26.4. The number of rotatable bonds is 3. The van der Waals surface area contributed by atoms with Crippen molar-refractivity contribution < 1.29 is 0 Å². The third kappa shape index (κ3) is 3.54. The van der Waals surface area contributed by atoms with E-state index in [0.29, 0.717) is 0 Å². The molecule has 3 heteroatoms. The second kappa shape index (κ2) is 6.49. The van der Waals surface area contributed by atoms with E-state index in [-0.39, 0.29) is 0 Å². The zero-order chi connectivity index (χ0) is 12.9. The molecule has 0 aliphatic carbocycles. The average molecular weight is 259 g/mol. The summed E-state index contributed by atoms with van der Waals surface area (Å²) in [6, 6.07) is 4.30. The van der Waals surface area contributed by atoms with Crippen LogP contribution >= 0.6 is 0 Å². The van der Waals surface area contributed by atoms with Crippen molar-refractivity contribution >= 4 is 0 Å². The fraction of sp³-hybridized carbons (Fsp3) is 0.688. The monoisotopic (exact) mass is 259 g/mol. The van der Waals surface area contributed by atoms with E-state index in [2.05, 4.69) is 27.3 Å². The van der Waals surface area contributed by atoms with E-state index >= 15 is 0 Å². The SMILES string of the molecule is c1cncc(C2CCN(CC3CCCNC3)CC2)c1. The van der Waals surface area contributed by atoms with Crippen LogP contribution in [0.1, 0.15) is 37.2 Å². The molecule has 2 saturated heterocycles. The molecule has 0 bridgehead atoms. The molecule has 0 saturated carbocycles. The van der Waals surface area contributed by atoms with Crippen LogP contribution in [0.2, 0.25) is 0 Å². The Kier molecular flexibility index (Phi) is 4.46. The standard InChI is InChI=1S/C16H25N3/c1-3-14(11-17-7-1)13-19-9-5-15(6-10-19)16-4-2-8-18-12-16/h2,4,8,12,14-15,17H,1,3,5-7,9-11,13H2. The molecular formula is C16H25N3. The van der Waals surface area contributed by atoms with Crippen molar-refractivity contribution in [1.82, 2.24) is 15.2 Å². The van der Waals surface area contributed by atoms with Gasteiger partial charge in [0, 0.05) is 18.9 Å². The van der Waals surface area contributed by atoms with Crippen LogP contribution in [0, 0.1) is 5.92 Å². The Balaban J connectivity index is 1.46. The number of nitrogens with one attached hydrogen (secondary N) is 1. The Morgan fingerprint density at radius 1 is 1.26 bits per heavy atom. The molecule has 0 spiro atoms. The van der Waals surface area contributed by atoms with Crippen molar-refractivity contribution in [2.24, 2.45) is 5.92 Å². The predicted octanol–water partition coefficient (Wildman–Crippen LogP) is 2.26. The van der Waals surface area contributed by atoms with Crippen molar-refractivity contribution in [2.75, 3.05) is 32.7 Å². The number of hydrogen-bond acceptors (Lipinski definition) is 3. The van der Waals surface area contributed by atoms with Gasteiger partial charge in [-0.05, 0) is 75.3 Å². The average Bonchev–Trinajstić information content (AvgIpc) is 2.50. The molecule has 0 amide bonds. The maximum absolute atomic E-state index is 4.25. The number of pyridine rings is 1. The summed E-state index contributed by atoms with van der Waals surface area (Å²) >= 11 is 0. The van der Waals surface area contributed by atoms with Gasteiger partial charge in [0.15, 0.2) is 0 Å². The van der Waals surface area contributed by atoms with E-state index in [0.717, 1.165) is 11.8 Å². The highest BCUT2D eigenvalue weighted by molar-refractivity contribution is 5.15. The summed E-state index contributed by atoms with van der Waals surface area (Å²) < 4.78 is 0. The largest absolute Gasteiger partial charge is 0.316 e. The van der Waals surface area contributed by atoms with Gasteiger partial charge in [-0.25, -0.2) is 0 Å². The molecule has 1 atom stereocenters. The maximum Gasteiger partial charge on any atom is 0.0302 e. The van der Waals surface area contributed by atoms with Crippen LogP contribution in [0.3, 0.4) is 0 Å². The Bertz CT molecular complexity index is 365. The summed E-state index contributed by atoms with van der Waals surface area (Å²) in [5.74, 6) is 1.61. The van der Waals surface area contributed by atoms with Crippen LogP contribution in [0.5, 0.6) is 0 Å². The van der Waals surface area contributed by atoms with Gasteiger partial charge in [0.1, 0.15) is 0 Å². The van der Waals surface area contributed by atoms with Crippen LogP contribution in [0.25, 0.3) is 0 Å². The summed E-state index contributed by atoms with van der Waals surface area (Å²) in [6.45, 7) is 6.26.